The average molecular weight is 276 g/mol. The molecule has 1 aromatic heterocycles. The molecule has 3 aromatic rings. The van der Waals surface area contributed by atoms with Gasteiger partial charge in [-0.25, -0.2) is 0 Å². The van der Waals surface area contributed by atoms with Crippen LogP contribution in [-0.4, -0.2) is 11.0 Å². The largest absolute Gasteiger partial charge is 0.426 e. The van der Waals surface area contributed by atoms with Crippen LogP contribution in [0.3, 0.4) is 0 Å². The van der Waals surface area contributed by atoms with Gasteiger partial charge in [0.05, 0.1) is 18.1 Å². The van der Waals surface area contributed by atoms with Crippen LogP contribution in [0.5, 0.6) is 5.75 Å². The molecule has 0 amide bonds. The van der Waals surface area contributed by atoms with Crippen LogP contribution in [0.15, 0.2) is 54.7 Å². The summed E-state index contributed by atoms with van der Waals surface area (Å²) in [6.07, 6.45) is 2.02. The zero-order valence-electron chi connectivity index (χ0n) is 11.2. The summed E-state index contributed by atoms with van der Waals surface area (Å²) in [4.78, 5) is 15.1. The molecule has 4 heteroatoms. The molecule has 0 bridgehead atoms. The minimum atomic E-state index is -0.329. The highest BCUT2D eigenvalue weighted by atomic mass is 16.5. The second-order valence-electron chi connectivity index (χ2n) is 4.65. The Labute approximate surface area is 121 Å². The quantitative estimate of drug-likeness (QED) is 0.590. The number of nitriles is 1. The number of hydrogen-bond donors (Lipinski definition) is 1. The number of carbonyl (C=O) groups excluding carboxylic acids is 1. The lowest BCUT2D eigenvalue weighted by Crippen LogP contribution is -2.10. The molecule has 0 fully saturated rings. The van der Waals surface area contributed by atoms with Crippen molar-refractivity contribution >= 4 is 16.9 Å². The van der Waals surface area contributed by atoms with Gasteiger partial charge >= 0.3 is 5.97 Å². The molecule has 0 unspecified atom stereocenters. The molecule has 2 aromatic carbocycles. The number of fused-ring (bicyclic) bond motifs is 1. The molecule has 0 spiro atoms. The number of rotatable bonds is 3. The van der Waals surface area contributed by atoms with Gasteiger partial charge < -0.3 is 9.72 Å². The maximum Gasteiger partial charge on any atom is 0.315 e. The van der Waals surface area contributed by atoms with Crippen molar-refractivity contribution in [1.29, 1.82) is 5.26 Å². The molecular weight excluding hydrogens is 264 g/mol. The van der Waals surface area contributed by atoms with E-state index in [4.69, 9.17) is 10.00 Å². The molecule has 21 heavy (non-hydrogen) atoms. The standard InChI is InChI=1S/C17H12N2O2/c18-10-12-5-7-14(8-6-12)21-17(20)9-13-11-19-16-4-2-1-3-15(13)16/h1-8,11,19H,9H2. The molecule has 4 nitrogen and oxygen atoms in total. The Hall–Kier alpha value is -3.06. The number of aromatic amines is 1. The van der Waals surface area contributed by atoms with Crippen LogP contribution in [-0.2, 0) is 11.2 Å². The van der Waals surface area contributed by atoms with E-state index in [1.807, 2.05) is 36.5 Å². The van der Waals surface area contributed by atoms with Crippen molar-refractivity contribution in [1.82, 2.24) is 4.98 Å². The second-order valence-corrected chi connectivity index (χ2v) is 4.65. The van der Waals surface area contributed by atoms with E-state index in [1.165, 1.54) is 0 Å². The van der Waals surface area contributed by atoms with Gasteiger partial charge in [0.15, 0.2) is 0 Å². The minimum absolute atomic E-state index is 0.198. The van der Waals surface area contributed by atoms with Crippen molar-refractivity contribution in [2.24, 2.45) is 0 Å². The van der Waals surface area contributed by atoms with Gasteiger partial charge in [0, 0.05) is 17.1 Å². The molecule has 3 rings (SSSR count). The van der Waals surface area contributed by atoms with Gasteiger partial charge in [-0.15, -0.1) is 0 Å². The summed E-state index contributed by atoms with van der Waals surface area (Å²) in [7, 11) is 0. The first-order valence-corrected chi connectivity index (χ1v) is 6.52. The Morgan fingerprint density at radius 3 is 2.67 bits per heavy atom. The Kier molecular flexibility index (Phi) is 3.40. The van der Waals surface area contributed by atoms with Crippen LogP contribution in [0.25, 0.3) is 10.9 Å². The van der Waals surface area contributed by atoms with Crippen LogP contribution in [0, 0.1) is 11.3 Å². The van der Waals surface area contributed by atoms with Gasteiger partial charge in [-0.05, 0) is 35.9 Å². The fourth-order valence-electron chi connectivity index (χ4n) is 2.20. The molecular formula is C17H12N2O2. The van der Waals surface area contributed by atoms with E-state index < -0.39 is 0 Å². The number of aromatic nitrogens is 1. The Morgan fingerprint density at radius 1 is 1.14 bits per heavy atom. The van der Waals surface area contributed by atoms with Gasteiger partial charge in [0.2, 0.25) is 0 Å². The van der Waals surface area contributed by atoms with E-state index >= 15 is 0 Å². The van der Waals surface area contributed by atoms with E-state index in [-0.39, 0.29) is 12.4 Å². The summed E-state index contributed by atoms with van der Waals surface area (Å²) < 4.78 is 5.27. The fraction of sp³-hybridized carbons (Fsp3) is 0.0588. The van der Waals surface area contributed by atoms with Crippen molar-refractivity contribution in [3.63, 3.8) is 0 Å². The number of carbonyl (C=O) groups is 1. The topological polar surface area (TPSA) is 65.9 Å². The third kappa shape index (κ3) is 2.77. The molecule has 0 aliphatic carbocycles. The first-order chi connectivity index (χ1) is 10.3. The zero-order chi connectivity index (χ0) is 14.7. The smallest absolute Gasteiger partial charge is 0.315 e. The first kappa shape index (κ1) is 12.9. The first-order valence-electron chi connectivity index (χ1n) is 6.52. The predicted molar refractivity (Wildman–Crippen MR) is 78.8 cm³/mol. The van der Waals surface area contributed by atoms with Gasteiger partial charge in [-0.1, -0.05) is 18.2 Å². The number of ether oxygens (including phenoxy) is 1. The molecule has 0 saturated carbocycles. The van der Waals surface area contributed by atoms with Gasteiger partial charge in [-0.2, -0.15) is 5.26 Å². The SMILES string of the molecule is N#Cc1ccc(OC(=O)Cc2c[nH]c3ccccc23)cc1. The lowest BCUT2D eigenvalue weighted by atomic mass is 10.1. The highest BCUT2D eigenvalue weighted by Gasteiger charge is 2.10. The molecule has 1 heterocycles. The normalized spacial score (nSPS) is 10.2. The van der Waals surface area contributed by atoms with Crippen molar-refractivity contribution in [3.8, 4) is 11.8 Å². The van der Waals surface area contributed by atoms with Crippen molar-refractivity contribution in [2.75, 3.05) is 0 Å². The van der Waals surface area contributed by atoms with Crippen LogP contribution in [0.2, 0.25) is 0 Å². The summed E-state index contributed by atoms with van der Waals surface area (Å²) in [5, 5.41) is 9.74. The van der Waals surface area contributed by atoms with Crippen LogP contribution in [0.4, 0.5) is 0 Å². The van der Waals surface area contributed by atoms with Gasteiger partial charge in [-0.3, -0.25) is 4.79 Å². The lowest BCUT2D eigenvalue weighted by molar-refractivity contribution is -0.133. The Balaban J connectivity index is 1.73. The lowest BCUT2D eigenvalue weighted by Gasteiger charge is -2.03. The highest BCUT2D eigenvalue weighted by Crippen LogP contribution is 2.19. The number of nitrogens with zero attached hydrogens (tertiary/aromatic N) is 1. The molecule has 102 valence electrons. The number of hydrogen-bond acceptors (Lipinski definition) is 3. The number of benzene rings is 2. The van der Waals surface area contributed by atoms with Crippen molar-refractivity contribution in [2.45, 2.75) is 6.42 Å². The number of esters is 1. The maximum absolute atomic E-state index is 12.0. The summed E-state index contributed by atoms with van der Waals surface area (Å²) in [6, 6.07) is 16.3. The van der Waals surface area contributed by atoms with Crippen LogP contribution in [0.1, 0.15) is 11.1 Å². The number of nitrogens with one attached hydrogen (secondary N) is 1. The third-order valence-electron chi connectivity index (χ3n) is 3.22. The van der Waals surface area contributed by atoms with Gasteiger partial charge in [0.1, 0.15) is 5.75 Å². The second kappa shape index (κ2) is 5.51. The average Bonchev–Trinajstić information content (AvgIpc) is 2.91. The monoisotopic (exact) mass is 276 g/mol. The van der Waals surface area contributed by atoms with Crippen LogP contribution >= 0.6 is 0 Å². The molecule has 0 saturated heterocycles. The molecule has 0 aliphatic heterocycles. The third-order valence-corrected chi connectivity index (χ3v) is 3.22. The highest BCUT2D eigenvalue weighted by molar-refractivity contribution is 5.87. The molecule has 0 radical (unpaired) electrons. The number of para-hydroxylation sites is 1. The molecule has 0 atom stereocenters. The van der Waals surface area contributed by atoms with Crippen molar-refractivity contribution in [3.05, 3.63) is 65.9 Å². The Morgan fingerprint density at radius 2 is 1.90 bits per heavy atom. The zero-order valence-corrected chi connectivity index (χ0v) is 11.2. The van der Waals surface area contributed by atoms with Crippen molar-refractivity contribution < 1.29 is 9.53 Å². The molecule has 1 N–H and O–H groups in total. The Bertz CT molecular complexity index is 826. The number of H-pyrrole nitrogens is 1. The van der Waals surface area contributed by atoms with E-state index in [0.29, 0.717) is 11.3 Å². The summed E-state index contributed by atoms with van der Waals surface area (Å²) in [5.41, 5.74) is 2.44. The van der Waals surface area contributed by atoms with Gasteiger partial charge in [0.25, 0.3) is 0 Å². The summed E-state index contributed by atoms with van der Waals surface area (Å²) >= 11 is 0. The van der Waals surface area contributed by atoms with E-state index in [9.17, 15) is 4.79 Å². The van der Waals surface area contributed by atoms with Crippen LogP contribution < -0.4 is 4.74 Å². The summed E-state index contributed by atoms with van der Waals surface area (Å²) in [5.74, 6) is 0.114. The predicted octanol–water partition coefficient (Wildman–Crippen LogP) is 3.19. The minimum Gasteiger partial charge on any atom is -0.426 e. The molecule has 0 aliphatic rings. The van der Waals surface area contributed by atoms with E-state index in [2.05, 4.69) is 4.98 Å². The maximum atomic E-state index is 12.0. The van der Waals surface area contributed by atoms with E-state index in [0.717, 1.165) is 16.5 Å². The van der Waals surface area contributed by atoms with E-state index in [1.54, 1.807) is 24.3 Å². The fourth-order valence-corrected chi connectivity index (χ4v) is 2.20. The summed E-state index contributed by atoms with van der Waals surface area (Å²) in [6.45, 7) is 0.